The first kappa shape index (κ1) is 10.2. The predicted molar refractivity (Wildman–Crippen MR) is 71.8 cm³/mol. The number of allylic oxidation sites excluding steroid dienone is 1. The zero-order chi connectivity index (χ0) is 11.5. The molecule has 0 aromatic heterocycles. The van der Waals surface area contributed by atoms with Crippen LogP contribution in [0.2, 0.25) is 0 Å². The maximum absolute atomic E-state index is 3.53. The maximum Gasteiger partial charge on any atom is 0.0701 e. The van der Waals surface area contributed by atoms with Gasteiger partial charge in [0.1, 0.15) is 0 Å². The lowest BCUT2D eigenvalue weighted by Crippen LogP contribution is -2.12. The van der Waals surface area contributed by atoms with Gasteiger partial charge in [0.25, 0.3) is 0 Å². The monoisotopic (exact) mass is 220 g/mol. The highest BCUT2D eigenvalue weighted by Crippen LogP contribution is 2.28. The fourth-order valence-corrected chi connectivity index (χ4v) is 2.16. The molecule has 1 heteroatoms. The van der Waals surface area contributed by atoms with Crippen LogP contribution in [0.5, 0.6) is 0 Å². The smallest absolute Gasteiger partial charge is 0.0701 e. The Balaban J connectivity index is 1.89. The van der Waals surface area contributed by atoms with Gasteiger partial charge in [0.2, 0.25) is 0 Å². The fourth-order valence-electron chi connectivity index (χ4n) is 2.16. The van der Waals surface area contributed by atoms with E-state index >= 15 is 0 Å². The van der Waals surface area contributed by atoms with Crippen LogP contribution >= 0.6 is 0 Å². The number of fused-ring (bicyclic) bond motifs is 1. The molecule has 83 valence electrons. The summed E-state index contributed by atoms with van der Waals surface area (Å²) >= 11 is 0. The van der Waals surface area contributed by atoms with Gasteiger partial charge in [-0.3, -0.25) is 0 Å². The van der Waals surface area contributed by atoms with Crippen molar-refractivity contribution in [2.45, 2.75) is 6.04 Å². The second-order valence-corrected chi connectivity index (χ2v) is 4.17. The van der Waals surface area contributed by atoms with E-state index in [-0.39, 0.29) is 6.04 Å². The van der Waals surface area contributed by atoms with E-state index in [1.165, 1.54) is 11.1 Å². The number of para-hydroxylation sites is 1. The lowest BCUT2D eigenvalue weighted by atomic mass is 9.93. The van der Waals surface area contributed by atoms with Crippen LogP contribution in [0.15, 0.2) is 66.7 Å². The number of hydrogen-bond acceptors (Lipinski definition) is 1. The third-order valence-corrected chi connectivity index (χ3v) is 3.01. The molecule has 1 nitrogen and oxygen atoms in total. The molecule has 0 aliphatic heterocycles. The Kier molecular flexibility index (Phi) is 2.66. The Morgan fingerprint density at radius 2 is 1.59 bits per heavy atom. The molecule has 0 heterocycles. The lowest BCUT2D eigenvalue weighted by Gasteiger charge is -2.22. The minimum atomic E-state index is 0.263. The predicted octanol–water partition coefficient (Wildman–Crippen LogP) is 3.96. The van der Waals surface area contributed by atoms with Crippen molar-refractivity contribution in [2.75, 3.05) is 5.32 Å². The Hall–Kier alpha value is -2.02. The molecular weight excluding hydrogens is 206 g/mol. The van der Waals surface area contributed by atoms with Gasteiger partial charge < -0.3 is 5.32 Å². The lowest BCUT2D eigenvalue weighted by molar-refractivity contribution is 0.957. The molecule has 3 rings (SSSR count). The molecule has 2 aromatic rings. The van der Waals surface area contributed by atoms with E-state index in [0.717, 1.165) is 5.69 Å². The summed E-state index contributed by atoms with van der Waals surface area (Å²) in [6.45, 7) is 0. The van der Waals surface area contributed by atoms with E-state index in [0.29, 0.717) is 0 Å². The summed E-state index contributed by atoms with van der Waals surface area (Å²) in [6.07, 6.45) is 6.46. The normalized spacial score (nSPS) is 17.5. The third-order valence-electron chi connectivity index (χ3n) is 3.01. The van der Waals surface area contributed by atoms with Crippen LogP contribution in [0.3, 0.4) is 0 Å². The van der Waals surface area contributed by atoms with Crippen LogP contribution in [-0.4, -0.2) is 0 Å². The van der Waals surface area contributed by atoms with E-state index in [9.17, 15) is 0 Å². The van der Waals surface area contributed by atoms with Gasteiger partial charge in [-0.2, -0.15) is 0 Å². The van der Waals surface area contributed by atoms with Crippen molar-refractivity contribution < 1.29 is 0 Å². The number of anilines is 1. The first-order valence-corrected chi connectivity index (χ1v) is 5.85. The average molecular weight is 220 g/mol. The van der Waals surface area contributed by atoms with Crippen molar-refractivity contribution in [3.05, 3.63) is 84.3 Å². The van der Waals surface area contributed by atoms with Gasteiger partial charge in [-0.15, -0.1) is 0 Å². The molecule has 0 saturated carbocycles. The van der Waals surface area contributed by atoms with Crippen molar-refractivity contribution in [1.82, 2.24) is 0 Å². The Bertz CT molecular complexity index is 528. The van der Waals surface area contributed by atoms with Crippen molar-refractivity contribution in [1.29, 1.82) is 0 Å². The topological polar surface area (TPSA) is 12.0 Å². The van der Waals surface area contributed by atoms with Crippen molar-refractivity contribution in [3.8, 4) is 0 Å². The van der Waals surface area contributed by atoms with E-state index in [1.54, 1.807) is 0 Å². The van der Waals surface area contributed by atoms with Gasteiger partial charge in [-0.25, -0.2) is 0 Å². The van der Waals surface area contributed by atoms with Crippen LogP contribution in [0.4, 0.5) is 5.69 Å². The molecule has 1 aliphatic rings. The van der Waals surface area contributed by atoms with Crippen LogP contribution in [-0.2, 0) is 0 Å². The molecule has 1 radical (unpaired) electrons. The quantitative estimate of drug-likeness (QED) is 0.807. The highest BCUT2D eigenvalue weighted by molar-refractivity contribution is 5.52. The molecule has 0 amide bonds. The molecule has 0 fully saturated rings. The van der Waals surface area contributed by atoms with E-state index in [1.807, 2.05) is 18.2 Å². The maximum atomic E-state index is 3.53. The van der Waals surface area contributed by atoms with Gasteiger partial charge in [-0.05, 0) is 23.3 Å². The molecule has 2 aromatic carbocycles. The number of rotatable bonds is 2. The van der Waals surface area contributed by atoms with Crippen molar-refractivity contribution >= 4 is 5.69 Å². The largest absolute Gasteiger partial charge is 0.375 e. The fraction of sp³-hybridized carbons (Fsp3) is 0.0625. The summed E-state index contributed by atoms with van der Waals surface area (Å²) < 4.78 is 0. The minimum absolute atomic E-state index is 0.263. The molecule has 1 N–H and O–H groups in total. The Morgan fingerprint density at radius 3 is 2.47 bits per heavy atom. The zero-order valence-corrected chi connectivity index (χ0v) is 9.51. The first-order valence-electron chi connectivity index (χ1n) is 5.85. The summed E-state index contributed by atoms with van der Waals surface area (Å²) in [4.78, 5) is 0. The highest BCUT2D eigenvalue weighted by Gasteiger charge is 2.14. The SMILES string of the molecule is [CH]1C=CC(Nc2ccccc2)c2ccccc21. The molecule has 0 spiro atoms. The second kappa shape index (κ2) is 4.46. The van der Waals surface area contributed by atoms with Crippen molar-refractivity contribution in [2.24, 2.45) is 0 Å². The third kappa shape index (κ3) is 2.09. The summed E-state index contributed by atoms with van der Waals surface area (Å²) in [5.41, 5.74) is 3.78. The van der Waals surface area contributed by atoms with Crippen LogP contribution in [0.1, 0.15) is 17.2 Å². The average Bonchev–Trinajstić information content (AvgIpc) is 2.40. The van der Waals surface area contributed by atoms with E-state index in [4.69, 9.17) is 0 Å². The minimum Gasteiger partial charge on any atom is -0.375 e. The van der Waals surface area contributed by atoms with Crippen LogP contribution in [0.25, 0.3) is 0 Å². The van der Waals surface area contributed by atoms with Gasteiger partial charge in [0, 0.05) is 12.1 Å². The Labute approximate surface area is 102 Å². The van der Waals surface area contributed by atoms with Gasteiger partial charge in [0.05, 0.1) is 6.04 Å². The summed E-state index contributed by atoms with van der Waals surface area (Å²) in [7, 11) is 0. The molecule has 0 saturated heterocycles. The first-order chi connectivity index (χ1) is 8.43. The number of nitrogens with one attached hydrogen (secondary N) is 1. The molecule has 1 atom stereocenters. The number of hydrogen-bond donors (Lipinski definition) is 1. The van der Waals surface area contributed by atoms with Gasteiger partial charge in [-0.1, -0.05) is 54.6 Å². The van der Waals surface area contributed by atoms with E-state index in [2.05, 4.69) is 60.3 Å². The summed E-state index contributed by atoms with van der Waals surface area (Å²) in [6, 6.07) is 19.1. The molecular formula is C16H14N. The van der Waals surface area contributed by atoms with Crippen LogP contribution < -0.4 is 5.32 Å². The molecule has 17 heavy (non-hydrogen) atoms. The summed E-state index contributed by atoms with van der Waals surface area (Å²) in [5, 5.41) is 3.53. The number of benzene rings is 2. The second-order valence-electron chi connectivity index (χ2n) is 4.17. The Morgan fingerprint density at radius 1 is 0.824 bits per heavy atom. The zero-order valence-electron chi connectivity index (χ0n) is 9.51. The van der Waals surface area contributed by atoms with Crippen LogP contribution in [0, 0.1) is 6.42 Å². The van der Waals surface area contributed by atoms with Gasteiger partial charge in [0.15, 0.2) is 0 Å². The van der Waals surface area contributed by atoms with Crippen molar-refractivity contribution in [3.63, 3.8) is 0 Å². The molecule has 0 bridgehead atoms. The highest BCUT2D eigenvalue weighted by atomic mass is 14.9. The van der Waals surface area contributed by atoms with Gasteiger partial charge >= 0.3 is 0 Å². The van der Waals surface area contributed by atoms with E-state index < -0.39 is 0 Å². The standard InChI is InChI=1S/C16H14N/c1-2-9-14(10-3-1)17-16-12-6-8-13-7-4-5-11-15(13)16/h1-12,16-17H. The molecule has 1 unspecified atom stereocenters. The summed E-state index contributed by atoms with van der Waals surface area (Å²) in [5.74, 6) is 0. The molecule has 1 aliphatic carbocycles.